The average Bonchev–Trinajstić information content (AvgIpc) is 2.28. The Morgan fingerprint density at radius 3 is 2.54 bits per heavy atom. The molecule has 74 valence electrons. The second kappa shape index (κ2) is 4.11. The van der Waals surface area contributed by atoms with E-state index >= 15 is 0 Å². The molecule has 1 rings (SSSR count). The molecule has 0 N–H and O–H groups in total. The molecule has 0 aromatic rings. The van der Waals surface area contributed by atoms with Crippen molar-refractivity contribution >= 4 is 0 Å². The van der Waals surface area contributed by atoms with Crippen molar-refractivity contribution in [3.63, 3.8) is 0 Å². The number of hydrogen-bond acceptors (Lipinski definition) is 2. The van der Waals surface area contributed by atoms with E-state index in [0.717, 1.165) is 25.7 Å². The summed E-state index contributed by atoms with van der Waals surface area (Å²) in [7, 11) is 1.78. The lowest BCUT2D eigenvalue weighted by Gasteiger charge is -2.26. The lowest BCUT2D eigenvalue weighted by Crippen LogP contribution is -2.25. The SMILES string of the molecule is COC1(C)CCC(C)C(C#N)CC1. The lowest BCUT2D eigenvalue weighted by molar-refractivity contribution is -0.00722. The summed E-state index contributed by atoms with van der Waals surface area (Å²) in [6, 6.07) is 2.40. The Balaban J connectivity index is 2.62. The molecule has 0 amide bonds. The van der Waals surface area contributed by atoms with Gasteiger partial charge in [-0.05, 0) is 38.5 Å². The Labute approximate surface area is 80.9 Å². The van der Waals surface area contributed by atoms with E-state index < -0.39 is 0 Å². The zero-order valence-electron chi connectivity index (χ0n) is 8.84. The number of nitrogens with zero attached hydrogens (tertiary/aromatic N) is 1. The van der Waals surface area contributed by atoms with Gasteiger partial charge in [0.1, 0.15) is 0 Å². The van der Waals surface area contributed by atoms with Crippen LogP contribution in [0.2, 0.25) is 0 Å². The number of hydrogen-bond donors (Lipinski definition) is 0. The zero-order chi connectivity index (χ0) is 9.90. The molecule has 3 unspecified atom stereocenters. The molecule has 0 aliphatic heterocycles. The molecule has 13 heavy (non-hydrogen) atoms. The maximum absolute atomic E-state index is 8.94. The summed E-state index contributed by atoms with van der Waals surface area (Å²) in [4.78, 5) is 0. The Morgan fingerprint density at radius 1 is 1.38 bits per heavy atom. The van der Waals surface area contributed by atoms with Crippen LogP contribution in [0.3, 0.4) is 0 Å². The highest BCUT2D eigenvalue weighted by Crippen LogP contribution is 2.35. The van der Waals surface area contributed by atoms with E-state index in [1.807, 2.05) is 0 Å². The quantitative estimate of drug-likeness (QED) is 0.583. The second-order valence-corrected chi connectivity index (χ2v) is 4.44. The fourth-order valence-electron chi connectivity index (χ4n) is 2.00. The summed E-state index contributed by atoms with van der Waals surface area (Å²) in [5, 5.41) is 8.94. The molecule has 0 heterocycles. The first-order chi connectivity index (χ1) is 6.11. The maximum Gasteiger partial charge on any atom is 0.0658 e. The minimum Gasteiger partial charge on any atom is -0.379 e. The van der Waals surface area contributed by atoms with E-state index in [2.05, 4.69) is 19.9 Å². The third-order valence-electron chi connectivity index (χ3n) is 3.46. The van der Waals surface area contributed by atoms with Gasteiger partial charge in [0, 0.05) is 13.0 Å². The molecule has 2 nitrogen and oxygen atoms in total. The predicted molar refractivity (Wildman–Crippen MR) is 52.1 cm³/mol. The Hall–Kier alpha value is -0.550. The fourth-order valence-corrected chi connectivity index (χ4v) is 2.00. The fraction of sp³-hybridized carbons (Fsp3) is 0.909. The van der Waals surface area contributed by atoms with Crippen molar-refractivity contribution in [1.29, 1.82) is 5.26 Å². The number of ether oxygens (including phenoxy) is 1. The van der Waals surface area contributed by atoms with E-state index in [0.29, 0.717) is 5.92 Å². The van der Waals surface area contributed by atoms with Crippen LogP contribution in [0, 0.1) is 23.2 Å². The van der Waals surface area contributed by atoms with E-state index in [4.69, 9.17) is 10.00 Å². The van der Waals surface area contributed by atoms with Crippen molar-refractivity contribution in [2.45, 2.75) is 45.1 Å². The molecule has 1 aliphatic carbocycles. The van der Waals surface area contributed by atoms with Crippen molar-refractivity contribution in [2.24, 2.45) is 11.8 Å². The van der Waals surface area contributed by atoms with Gasteiger partial charge in [-0.2, -0.15) is 5.26 Å². The van der Waals surface area contributed by atoms with Crippen LogP contribution in [0.25, 0.3) is 0 Å². The Bertz CT molecular complexity index is 209. The minimum absolute atomic E-state index is 0.0137. The predicted octanol–water partition coefficient (Wildman–Crippen LogP) is 2.74. The second-order valence-electron chi connectivity index (χ2n) is 4.44. The summed E-state index contributed by atoms with van der Waals surface area (Å²) in [5.41, 5.74) is 0.0137. The molecular weight excluding hydrogens is 162 g/mol. The van der Waals surface area contributed by atoms with Gasteiger partial charge in [0.05, 0.1) is 11.7 Å². The van der Waals surface area contributed by atoms with Gasteiger partial charge >= 0.3 is 0 Å². The summed E-state index contributed by atoms with van der Waals surface area (Å²) in [6.07, 6.45) is 4.21. The van der Waals surface area contributed by atoms with Crippen LogP contribution in [-0.2, 0) is 4.74 Å². The highest BCUT2D eigenvalue weighted by molar-refractivity contribution is 4.92. The van der Waals surface area contributed by atoms with E-state index in [-0.39, 0.29) is 11.5 Å². The minimum atomic E-state index is 0.0137. The highest BCUT2D eigenvalue weighted by atomic mass is 16.5. The van der Waals surface area contributed by atoms with Crippen LogP contribution in [0.4, 0.5) is 0 Å². The topological polar surface area (TPSA) is 33.0 Å². The first-order valence-corrected chi connectivity index (χ1v) is 5.06. The van der Waals surface area contributed by atoms with Crippen LogP contribution >= 0.6 is 0 Å². The monoisotopic (exact) mass is 181 g/mol. The van der Waals surface area contributed by atoms with Gasteiger partial charge in [-0.3, -0.25) is 0 Å². The molecule has 0 aromatic carbocycles. The third-order valence-corrected chi connectivity index (χ3v) is 3.46. The van der Waals surface area contributed by atoms with Crippen LogP contribution in [0.15, 0.2) is 0 Å². The van der Waals surface area contributed by atoms with Gasteiger partial charge in [-0.25, -0.2) is 0 Å². The normalized spacial score (nSPS) is 40.8. The standard InChI is InChI=1S/C11H19NO/c1-9-4-6-11(2,13-3)7-5-10(9)8-12/h9-10H,4-7H2,1-3H3. The average molecular weight is 181 g/mol. The molecule has 0 spiro atoms. The first-order valence-electron chi connectivity index (χ1n) is 5.06. The van der Waals surface area contributed by atoms with Gasteiger partial charge in [0.2, 0.25) is 0 Å². The summed E-state index contributed by atoms with van der Waals surface area (Å²) >= 11 is 0. The number of methoxy groups -OCH3 is 1. The number of nitriles is 1. The summed E-state index contributed by atoms with van der Waals surface area (Å²) < 4.78 is 5.49. The van der Waals surface area contributed by atoms with Crippen molar-refractivity contribution in [1.82, 2.24) is 0 Å². The lowest BCUT2D eigenvalue weighted by atomic mass is 9.91. The zero-order valence-corrected chi connectivity index (χ0v) is 8.84. The largest absolute Gasteiger partial charge is 0.379 e. The summed E-state index contributed by atoms with van der Waals surface area (Å²) in [5.74, 6) is 0.763. The van der Waals surface area contributed by atoms with E-state index in [9.17, 15) is 0 Å². The molecule has 0 bridgehead atoms. The van der Waals surface area contributed by atoms with Gasteiger partial charge in [-0.15, -0.1) is 0 Å². The third kappa shape index (κ3) is 2.45. The molecule has 3 atom stereocenters. The molecule has 0 radical (unpaired) electrons. The van der Waals surface area contributed by atoms with Crippen LogP contribution in [0.1, 0.15) is 39.5 Å². The van der Waals surface area contributed by atoms with E-state index in [1.54, 1.807) is 7.11 Å². The summed E-state index contributed by atoms with van der Waals surface area (Å²) in [6.45, 7) is 4.33. The van der Waals surface area contributed by atoms with Gasteiger partial charge in [-0.1, -0.05) is 6.92 Å². The van der Waals surface area contributed by atoms with E-state index in [1.165, 1.54) is 0 Å². The Kier molecular flexibility index (Phi) is 3.33. The van der Waals surface area contributed by atoms with Gasteiger partial charge in [0.25, 0.3) is 0 Å². The molecule has 1 fully saturated rings. The highest BCUT2D eigenvalue weighted by Gasteiger charge is 2.31. The van der Waals surface area contributed by atoms with Gasteiger partial charge < -0.3 is 4.74 Å². The molecule has 0 aromatic heterocycles. The van der Waals surface area contributed by atoms with Crippen LogP contribution in [-0.4, -0.2) is 12.7 Å². The van der Waals surface area contributed by atoms with Crippen molar-refractivity contribution in [3.8, 4) is 6.07 Å². The molecule has 0 saturated heterocycles. The number of rotatable bonds is 1. The Morgan fingerprint density at radius 2 is 2.00 bits per heavy atom. The van der Waals surface area contributed by atoms with Crippen LogP contribution < -0.4 is 0 Å². The molecule has 1 saturated carbocycles. The van der Waals surface area contributed by atoms with Gasteiger partial charge in [0.15, 0.2) is 0 Å². The molecule has 2 heteroatoms. The van der Waals surface area contributed by atoms with Crippen LogP contribution in [0.5, 0.6) is 0 Å². The van der Waals surface area contributed by atoms with Crippen molar-refractivity contribution < 1.29 is 4.74 Å². The maximum atomic E-state index is 8.94. The van der Waals surface area contributed by atoms with Crippen molar-refractivity contribution in [2.75, 3.05) is 7.11 Å². The smallest absolute Gasteiger partial charge is 0.0658 e. The molecule has 1 aliphatic rings. The molecular formula is C11H19NO. The first kappa shape index (κ1) is 10.5. The van der Waals surface area contributed by atoms with Crippen molar-refractivity contribution in [3.05, 3.63) is 0 Å².